The fourth-order valence-corrected chi connectivity index (χ4v) is 6.87. The van der Waals surface area contributed by atoms with Crippen LogP contribution >= 0.6 is 27.3 Å². The molecule has 8 rings (SSSR count). The van der Waals surface area contributed by atoms with E-state index in [1.54, 1.807) is 11.3 Å². The second kappa shape index (κ2) is 9.37. The lowest BCUT2D eigenvalue weighted by Crippen LogP contribution is -2.06. The summed E-state index contributed by atoms with van der Waals surface area (Å²) in [6.07, 6.45) is 0. The van der Waals surface area contributed by atoms with Gasteiger partial charge in [0, 0.05) is 46.9 Å². The summed E-state index contributed by atoms with van der Waals surface area (Å²) >= 11 is 5.44. The molecule has 4 nitrogen and oxygen atoms in total. The second-order valence-electron chi connectivity index (χ2n) is 9.75. The first-order valence-electron chi connectivity index (χ1n) is 13.0. The lowest BCUT2D eigenvalue weighted by Gasteiger charge is -2.21. The van der Waals surface area contributed by atoms with Crippen LogP contribution in [0.15, 0.2) is 114 Å². The molecule has 0 saturated heterocycles. The standard InChI is InChI=1S/C34H20BrN3OS/c35-23-14-16-29-27(18-23)31-26(11-6-12-30(31)40-29)34-37-32(20-7-2-1-3-8-20)36-33(38-34)21-13-15-25-24-10-5-4-9-22(24)19-39-28(25)17-21/h1-18H,19H2. The van der Waals surface area contributed by atoms with Crippen molar-refractivity contribution in [2.75, 3.05) is 0 Å². The topological polar surface area (TPSA) is 47.9 Å². The Morgan fingerprint density at radius 3 is 2.27 bits per heavy atom. The van der Waals surface area contributed by atoms with Gasteiger partial charge in [0.1, 0.15) is 12.4 Å². The Morgan fingerprint density at radius 2 is 1.38 bits per heavy atom. The molecule has 0 atom stereocenters. The number of halogens is 1. The molecule has 0 spiro atoms. The van der Waals surface area contributed by atoms with E-state index in [4.69, 9.17) is 19.7 Å². The average Bonchev–Trinajstić information content (AvgIpc) is 3.39. The number of fused-ring (bicyclic) bond motifs is 6. The molecule has 1 aliphatic rings. The van der Waals surface area contributed by atoms with Gasteiger partial charge in [-0.3, -0.25) is 0 Å². The van der Waals surface area contributed by atoms with E-state index in [2.05, 4.69) is 94.8 Å². The molecule has 7 aromatic rings. The third-order valence-corrected chi connectivity index (χ3v) is 8.93. The van der Waals surface area contributed by atoms with Crippen molar-refractivity contribution in [3.05, 3.63) is 119 Å². The summed E-state index contributed by atoms with van der Waals surface area (Å²) in [7, 11) is 0. The van der Waals surface area contributed by atoms with Gasteiger partial charge in [-0.25, -0.2) is 15.0 Å². The van der Waals surface area contributed by atoms with Crippen molar-refractivity contribution in [2.45, 2.75) is 6.61 Å². The zero-order valence-corrected chi connectivity index (χ0v) is 23.5. The number of hydrogen-bond acceptors (Lipinski definition) is 5. The molecule has 0 bridgehead atoms. The van der Waals surface area contributed by atoms with Gasteiger partial charge in [0.05, 0.1) is 0 Å². The number of hydrogen-bond donors (Lipinski definition) is 0. The van der Waals surface area contributed by atoms with E-state index in [0.29, 0.717) is 24.1 Å². The Labute approximate surface area is 243 Å². The molecule has 0 saturated carbocycles. The van der Waals surface area contributed by atoms with Crippen molar-refractivity contribution in [3.63, 3.8) is 0 Å². The Hall–Kier alpha value is -4.39. The monoisotopic (exact) mass is 597 g/mol. The Bertz CT molecular complexity index is 2090. The third kappa shape index (κ3) is 3.91. The maximum absolute atomic E-state index is 6.17. The van der Waals surface area contributed by atoms with E-state index in [-0.39, 0.29) is 0 Å². The van der Waals surface area contributed by atoms with Crippen molar-refractivity contribution in [2.24, 2.45) is 0 Å². The third-order valence-electron chi connectivity index (χ3n) is 7.30. The van der Waals surface area contributed by atoms with Crippen LogP contribution in [0.4, 0.5) is 0 Å². The smallest absolute Gasteiger partial charge is 0.164 e. The van der Waals surface area contributed by atoms with E-state index in [9.17, 15) is 0 Å². The highest BCUT2D eigenvalue weighted by Crippen LogP contribution is 2.42. The number of aromatic nitrogens is 3. The zero-order valence-electron chi connectivity index (χ0n) is 21.1. The molecule has 6 heteroatoms. The predicted octanol–water partition coefficient (Wildman–Crippen LogP) is 9.56. The largest absolute Gasteiger partial charge is 0.488 e. The maximum atomic E-state index is 6.17. The highest BCUT2D eigenvalue weighted by molar-refractivity contribution is 9.10. The molecule has 190 valence electrons. The number of thiophene rings is 1. The van der Waals surface area contributed by atoms with Crippen LogP contribution in [0.3, 0.4) is 0 Å². The van der Waals surface area contributed by atoms with Crippen LogP contribution in [0.2, 0.25) is 0 Å². The summed E-state index contributed by atoms with van der Waals surface area (Å²) in [5.74, 6) is 2.75. The first-order chi connectivity index (χ1) is 19.7. The van der Waals surface area contributed by atoms with Gasteiger partial charge in [0.15, 0.2) is 17.5 Å². The van der Waals surface area contributed by atoms with Gasteiger partial charge in [-0.15, -0.1) is 11.3 Å². The van der Waals surface area contributed by atoms with Crippen molar-refractivity contribution >= 4 is 47.4 Å². The van der Waals surface area contributed by atoms with Crippen molar-refractivity contribution in [3.8, 4) is 51.0 Å². The maximum Gasteiger partial charge on any atom is 0.164 e. The summed E-state index contributed by atoms with van der Waals surface area (Å²) in [6, 6.07) is 37.5. The summed E-state index contributed by atoms with van der Waals surface area (Å²) in [6.45, 7) is 0.549. The number of nitrogens with zero attached hydrogens (tertiary/aromatic N) is 3. The average molecular weight is 599 g/mol. The normalized spacial score (nSPS) is 12.2. The molecule has 1 aliphatic heterocycles. The van der Waals surface area contributed by atoms with Crippen molar-refractivity contribution in [1.29, 1.82) is 0 Å². The molecule has 3 heterocycles. The zero-order chi connectivity index (χ0) is 26.6. The van der Waals surface area contributed by atoms with Crippen LogP contribution in [0, 0.1) is 0 Å². The van der Waals surface area contributed by atoms with Gasteiger partial charge < -0.3 is 4.74 Å². The fraction of sp³-hybridized carbons (Fsp3) is 0.0294. The minimum Gasteiger partial charge on any atom is -0.488 e. The van der Waals surface area contributed by atoms with Gasteiger partial charge in [0.25, 0.3) is 0 Å². The van der Waals surface area contributed by atoms with Crippen LogP contribution in [0.25, 0.3) is 65.5 Å². The number of rotatable bonds is 3. The highest BCUT2D eigenvalue weighted by Gasteiger charge is 2.20. The molecule has 0 fully saturated rings. The fourth-order valence-electron chi connectivity index (χ4n) is 5.39. The summed E-state index contributed by atoms with van der Waals surface area (Å²) in [4.78, 5) is 15.0. The van der Waals surface area contributed by atoms with Crippen LogP contribution in [0.5, 0.6) is 5.75 Å². The summed E-state index contributed by atoms with van der Waals surface area (Å²) < 4.78 is 9.66. The summed E-state index contributed by atoms with van der Waals surface area (Å²) in [5, 5.41) is 2.35. The lowest BCUT2D eigenvalue weighted by atomic mass is 9.96. The molecule has 0 N–H and O–H groups in total. The Kier molecular flexibility index (Phi) is 5.50. The molecule has 40 heavy (non-hydrogen) atoms. The van der Waals surface area contributed by atoms with Gasteiger partial charge in [-0.1, -0.05) is 88.7 Å². The molecule has 0 amide bonds. The first-order valence-corrected chi connectivity index (χ1v) is 14.6. The molecule has 0 radical (unpaired) electrons. The van der Waals surface area contributed by atoms with E-state index < -0.39 is 0 Å². The molecule has 0 unspecified atom stereocenters. The number of ether oxygens (including phenoxy) is 1. The van der Waals surface area contributed by atoms with Gasteiger partial charge >= 0.3 is 0 Å². The summed E-state index contributed by atoms with van der Waals surface area (Å²) in [5.41, 5.74) is 6.32. The van der Waals surface area contributed by atoms with E-state index in [1.165, 1.54) is 25.9 Å². The van der Waals surface area contributed by atoms with Crippen LogP contribution in [-0.4, -0.2) is 15.0 Å². The highest BCUT2D eigenvalue weighted by atomic mass is 79.9. The molecule has 5 aromatic carbocycles. The van der Waals surface area contributed by atoms with Crippen molar-refractivity contribution < 1.29 is 4.74 Å². The molecular weight excluding hydrogens is 578 g/mol. The number of benzene rings is 5. The van der Waals surface area contributed by atoms with Crippen LogP contribution in [0.1, 0.15) is 5.56 Å². The second-order valence-corrected chi connectivity index (χ2v) is 11.7. The first kappa shape index (κ1) is 23.5. The van der Waals surface area contributed by atoms with Crippen molar-refractivity contribution in [1.82, 2.24) is 15.0 Å². The molecule has 0 aliphatic carbocycles. The SMILES string of the molecule is Brc1ccc2sc3cccc(-c4nc(-c5ccccc5)nc(-c5ccc6c(c5)OCc5ccccc5-6)n4)c3c2c1. The van der Waals surface area contributed by atoms with E-state index >= 15 is 0 Å². The quantitative estimate of drug-likeness (QED) is 0.203. The lowest BCUT2D eigenvalue weighted by molar-refractivity contribution is 0.302. The van der Waals surface area contributed by atoms with E-state index in [0.717, 1.165) is 37.9 Å². The van der Waals surface area contributed by atoms with Crippen LogP contribution in [-0.2, 0) is 6.61 Å². The molecule has 2 aromatic heterocycles. The predicted molar refractivity (Wildman–Crippen MR) is 166 cm³/mol. The van der Waals surface area contributed by atoms with Gasteiger partial charge in [0.2, 0.25) is 0 Å². The minimum absolute atomic E-state index is 0.549. The van der Waals surface area contributed by atoms with Gasteiger partial charge in [-0.2, -0.15) is 0 Å². The minimum atomic E-state index is 0.549. The van der Waals surface area contributed by atoms with Crippen LogP contribution < -0.4 is 4.74 Å². The Balaban J connectivity index is 1.35. The van der Waals surface area contributed by atoms with E-state index in [1.807, 2.05) is 30.3 Å². The Morgan fingerprint density at radius 1 is 0.600 bits per heavy atom. The molecular formula is C34H20BrN3OS. The van der Waals surface area contributed by atoms with Gasteiger partial charge in [-0.05, 0) is 47.5 Å².